The molecular formula is C18H23BrN6O2. The lowest BCUT2D eigenvalue weighted by Crippen LogP contribution is -2.51. The number of tetrazole rings is 1. The van der Waals surface area contributed by atoms with E-state index in [-0.39, 0.29) is 18.4 Å². The summed E-state index contributed by atoms with van der Waals surface area (Å²) in [7, 11) is 0. The summed E-state index contributed by atoms with van der Waals surface area (Å²) in [6.07, 6.45) is 4.85. The maximum Gasteiger partial charge on any atom is 0.244 e. The minimum absolute atomic E-state index is 0.0242. The topological polar surface area (TPSA) is 84.2 Å². The van der Waals surface area contributed by atoms with Crippen LogP contribution >= 0.6 is 15.9 Å². The van der Waals surface area contributed by atoms with Gasteiger partial charge in [-0.05, 0) is 47.4 Å². The second-order valence-electron chi connectivity index (χ2n) is 6.60. The molecule has 3 rings (SSSR count). The molecule has 1 saturated heterocycles. The number of hydrogen-bond acceptors (Lipinski definition) is 5. The fraction of sp³-hybridized carbons (Fsp3) is 0.500. The number of rotatable bonds is 7. The molecule has 0 aliphatic carbocycles. The quantitative estimate of drug-likeness (QED) is 0.616. The number of unbranched alkanes of at least 4 members (excludes halogenated alkanes) is 1. The highest BCUT2D eigenvalue weighted by molar-refractivity contribution is 9.10. The summed E-state index contributed by atoms with van der Waals surface area (Å²) in [4.78, 5) is 28.2. The molecule has 2 heterocycles. The first-order valence-electron chi connectivity index (χ1n) is 9.12. The number of carbonyl (C=O) groups excluding carboxylic acids is 2. The molecule has 2 aromatic rings. The smallest absolute Gasteiger partial charge is 0.244 e. The van der Waals surface area contributed by atoms with Gasteiger partial charge in [-0.1, -0.05) is 28.1 Å². The standard InChI is InChI=1S/C18H23BrN6O2/c19-16-7-5-15(6-8-16)3-1-2-4-17(26)23-9-11-24(12-10-23)18(27)13-25-14-20-21-22-25/h5-8,14H,1-4,9-13H2. The predicted octanol–water partition coefficient (Wildman–Crippen LogP) is 1.52. The predicted molar refractivity (Wildman–Crippen MR) is 103 cm³/mol. The van der Waals surface area contributed by atoms with Gasteiger partial charge in [0.2, 0.25) is 11.8 Å². The molecule has 0 atom stereocenters. The lowest BCUT2D eigenvalue weighted by molar-refractivity contribution is -0.140. The molecule has 0 radical (unpaired) electrons. The molecule has 8 nitrogen and oxygen atoms in total. The van der Waals surface area contributed by atoms with Gasteiger partial charge < -0.3 is 9.80 Å². The maximum atomic E-state index is 12.4. The van der Waals surface area contributed by atoms with Gasteiger partial charge in [0.15, 0.2) is 0 Å². The van der Waals surface area contributed by atoms with Crippen molar-refractivity contribution < 1.29 is 9.59 Å². The zero-order valence-electron chi connectivity index (χ0n) is 15.1. The molecule has 9 heteroatoms. The number of hydrogen-bond donors (Lipinski definition) is 0. The van der Waals surface area contributed by atoms with E-state index < -0.39 is 0 Å². The summed E-state index contributed by atoms with van der Waals surface area (Å²) < 4.78 is 2.49. The normalized spacial score (nSPS) is 14.4. The van der Waals surface area contributed by atoms with Crippen LogP contribution in [-0.4, -0.2) is 68.0 Å². The highest BCUT2D eigenvalue weighted by Crippen LogP contribution is 2.13. The first kappa shape index (κ1) is 19.5. The van der Waals surface area contributed by atoms with Crippen molar-refractivity contribution in [2.45, 2.75) is 32.2 Å². The fourth-order valence-electron chi connectivity index (χ4n) is 3.11. The first-order chi connectivity index (χ1) is 13.1. The van der Waals surface area contributed by atoms with Gasteiger partial charge in [0, 0.05) is 37.1 Å². The molecular weight excluding hydrogens is 412 g/mol. The van der Waals surface area contributed by atoms with Gasteiger partial charge in [0.05, 0.1) is 0 Å². The van der Waals surface area contributed by atoms with Gasteiger partial charge in [-0.15, -0.1) is 5.10 Å². The third-order valence-electron chi connectivity index (χ3n) is 4.69. The summed E-state index contributed by atoms with van der Waals surface area (Å²) in [6.45, 7) is 2.44. The number of halogens is 1. The number of carbonyl (C=O) groups is 2. The van der Waals surface area contributed by atoms with E-state index >= 15 is 0 Å². The largest absolute Gasteiger partial charge is 0.339 e. The zero-order valence-corrected chi connectivity index (χ0v) is 16.7. The fourth-order valence-corrected chi connectivity index (χ4v) is 3.38. The molecule has 0 saturated carbocycles. The third-order valence-corrected chi connectivity index (χ3v) is 5.22. The van der Waals surface area contributed by atoms with Crippen molar-refractivity contribution >= 4 is 27.7 Å². The summed E-state index contributed by atoms with van der Waals surface area (Å²) in [5.41, 5.74) is 1.29. The van der Waals surface area contributed by atoms with Crippen molar-refractivity contribution in [1.29, 1.82) is 0 Å². The average molecular weight is 435 g/mol. The van der Waals surface area contributed by atoms with E-state index in [1.807, 2.05) is 17.0 Å². The zero-order chi connectivity index (χ0) is 19.1. The van der Waals surface area contributed by atoms with Gasteiger partial charge in [-0.25, -0.2) is 4.68 Å². The Kier molecular flexibility index (Phi) is 6.92. The summed E-state index contributed by atoms with van der Waals surface area (Å²) >= 11 is 3.43. The number of amides is 2. The molecule has 0 spiro atoms. The van der Waals surface area contributed by atoms with Crippen LogP contribution in [-0.2, 0) is 22.6 Å². The van der Waals surface area contributed by atoms with Gasteiger partial charge in [-0.2, -0.15) is 0 Å². The SMILES string of the molecule is O=C(CCCCc1ccc(Br)cc1)N1CCN(C(=O)Cn2cnnn2)CC1. The van der Waals surface area contributed by atoms with Crippen molar-refractivity contribution in [3.63, 3.8) is 0 Å². The van der Waals surface area contributed by atoms with Crippen molar-refractivity contribution in [2.24, 2.45) is 0 Å². The van der Waals surface area contributed by atoms with E-state index in [1.165, 1.54) is 16.6 Å². The molecule has 1 aromatic heterocycles. The Morgan fingerprint density at radius 3 is 2.26 bits per heavy atom. The van der Waals surface area contributed by atoms with Crippen LogP contribution in [0.5, 0.6) is 0 Å². The molecule has 0 unspecified atom stereocenters. The van der Waals surface area contributed by atoms with E-state index in [0.29, 0.717) is 32.6 Å². The number of aryl methyl sites for hydroxylation is 1. The summed E-state index contributed by atoms with van der Waals surface area (Å²) in [5, 5.41) is 10.7. The van der Waals surface area contributed by atoms with Gasteiger partial charge in [0.1, 0.15) is 12.9 Å². The molecule has 27 heavy (non-hydrogen) atoms. The van der Waals surface area contributed by atoms with Crippen LogP contribution in [0.4, 0.5) is 0 Å². The highest BCUT2D eigenvalue weighted by Gasteiger charge is 2.24. The first-order valence-corrected chi connectivity index (χ1v) is 9.92. The van der Waals surface area contributed by atoms with Gasteiger partial charge in [0.25, 0.3) is 0 Å². The van der Waals surface area contributed by atoms with Crippen molar-refractivity contribution in [2.75, 3.05) is 26.2 Å². The minimum Gasteiger partial charge on any atom is -0.339 e. The average Bonchev–Trinajstić information content (AvgIpc) is 3.19. The van der Waals surface area contributed by atoms with Gasteiger partial charge in [-0.3, -0.25) is 9.59 Å². The lowest BCUT2D eigenvalue weighted by atomic mass is 10.1. The Morgan fingerprint density at radius 2 is 1.63 bits per heavy atom. The Labute approximate surface area is 166 Å². The number of aromatic nitrogens is 4. The van der Waals surface area contributed by atoms with Crippen molar-refractivity contribution in [3.8, 4) is 0 Å². The molecule has 144 valence electrons. The summed E-state index contributed by atoms with van der Waals surface area (Å²) in [5.74, 6) is 0.155. The Balaban J connectivity index is 1.33. The molecule has 2 amide bonds. The van der Waals surface area contributed by atoms with Gasteiger partial charge >= 0.3 is 0 Å². The Bertz CT molecular complexity index is 742. The molecule has 0 N–H and O–H groups in total. The Morgan fingerprint density at radius 1 is 0.963 bits per heavy atom. The number of nitrogens with zero attached hydrogens (tertiary/aromatic N) is 6. The monoisotopic (exact) mass is 434 g/mol. The van der Waals surface area contributed by atoms with Crippen LogP contribution in [0.15, 0.2) is 35.1 Å². The van der Waals surface area contributed by atoms with Crippen LogP contribution < -0.4 is 0 Å². The van der Waals surface area contributed by atoms with Crippen molar-refractivity contribution in [1.82, 2.24) is 30.0 Å². The molecule has 1 aliphatic heterocycles. The van der Waals surface area contributed by atoms with Crippen LogP contribution in [0.2, 0.25) is 0 Å². The second-order valence-corrected chi connectivity index (χ2v) is 7.52. The molecule has 0 bridgehead atoms. The van der Waals surface area contributed by atoms with E-state index in [0.717, 1.165) is 23.7 Å². The van der Waals surface area contributed by atoms with E-state index in [2.05, 4.69) is 43.6 Å². The van der Waals surface area contributed by atoms with Crippen LogP contribution in [0, 0.1) is 0 Å². The van der Waals surface area contributed by atoms with Crippen LogP contribution in [0.1, 0.15) is 24.8 Å². The second kappa shape index (κ2) is 9.59. The van der Waals surface area contributed by atoms with Crippen LogP contribution in [0.3, 0.4) is 0 Å². The number of benzene rings is 1. The molecule has 1 aliphatic rings. The van der Waals surface area contributed by atoms with E-state index in [4.69, 9.17) is 0 Å². The highest BCUT2D eigenvalue weighted by atomic mass is 79.9. The van der Waals surface area contributed by atoms with E-state index in [1.54, 1.807) is 4.90 Å². The van der Waals surface area contributed by atoms with Crippen LogP contribution in [0.25, 0.3) is 0 Å². The lowest BCUT2D eigenvalue weighted by Gasteiger charge is -2.34. The van der Waals surface area contributed by atoms with E-state index in [9.17, 15) is 9.59 Å². The molecule has 1 fully saturated rings. The molecule has 1 aromatic carbocycles. The number of piperazine rings is 1. The Hall–Kier alpha value is -2.29. The minimum atomic E-state index is -0.0242. The summed E-state index contributed by atoms with van der Waals surface area (Å²) in [6, 6.07) is 8.30. The third kappa shape index (κ3) is 5.85. The van der Waals surface area contributed by atoms with Crippen molar-refractivity contribution in [3.05, 3.63) is 40.6 Å². The maximum absolute atomic E-state index is 12.4.